The zero-order valence-electron chi connectivity index (χ0n) is 11.8. The molecule has 0 unspecified atom stereocenters. The van der Waals surface area contributed by atoms with E-state index in [0.717, 1.165) is 31.5 Å². The molecule has 1 aliphatic rings. The molecule has 1 aliphatic heterocycles. The van der Waals surface area contributed by atoms with Gasteiger partial charge in [-0.1, -0.05) is 43.3 Å². The predicted octanol–water partition coefficient (Wildman–Crippen LogP) is 3.45. The van der Waals surface area contributed by atoms with E-state index in [4.69, 9.17) is 0 Å². The topological polar surface area (TPSA) is 20.3 Å². The molecule has 2 nitrogen and oxygen atoms in total. The molecule has 0 spiro atoms. The van der Waals surface area contributed by atoms with E-state index < -0.39 is 0 Å². The quantitative estimate of drug-likeness (QED) is 0.814. The first kappa shape index (κ1) is 12.9. The van der Waals surface area contributed by atoms with Gasteiger partial charge in [0, 0.05) is 18.7 Å². The average Bonchev–Trinajstić information content (AvgIpc) is 2.53. The van der Waals surface area contributed by atoms with E-state index in [9.17, 15) is 4.79 Å². The van der Waals surface area contributed by atoms with Crippen molar-refractivity contribution in [3.05, 3.63) is 70.8 Å². The highest BCUT2D eigenvalue weighted by Gasteiger charge is 2.21. The maximum Gasteiger partial charge on any atom is 0.254 e. The third-order valence-electron chi connectivity index (χ3n) is 4.00. The van der Waals surface area contributed by atoms with Gasteiger partial charge in [0.15, 0.2) is 0 Å². The summed E-state index contributed by atoms with van der Waals surface area (Å²) in [7, 11) is 0. The first-order valence-electron chi connectivity index (χ1n) is 7.23. The van der Waals surface area contributed by atoms with Gasteiger partial charge in [0.25, 0.3) is 5.91 Å². The molecular weight excluding hydrogens is 246 g/mol. The standard InChI is InChI=1S/C18H19NO/c1-2-14-6-5-9-16(12-14)18(20)19-11-10-15-7-3-4-8-17(15)13-19/h3-9,12H,2,10-11,13H2,1H3. The predicted molar refractivity (Wildman–Crippen MR) is 80.7 cm³/mol. The number of nitrogens with zero attached hydrogens (tertiary/aromatic N) is 1. The van der Waals surface area contributed by atoms with Crippen molar-refractivity contribution in [3.8, 4) is 0 Å². The van der Waals surface area contributed by atoms with Crippen molar-refractivity contribution in [1.29, 1.82) is 0 Å². The lowest BCUT2D eigenvalue weighted by molar-refractivity contribution is 0.0734. The minimum Gasteiger partial charge on any atom is -0.334 e. The second-order valence-electron chi connectivity index (χ2n) is 5.30. The third kappa shape index (κ3) is 2.46. The Labute approximate surface area is 120 Å². The minimum absolute atomic E-state index is 0.148. The Bertz CT molecular complexity index is 633. The third-order valence-corrected chi connectivity index (χ3v) is 4.00. The van der Waals surface area contributed by atoms with Crippen LogP contribution in [0.2, 0.25) is 0 Å². The Kier molecular flexibility index (Phi) is 3.55. The van der Waals surface area contributed by atoms with E-state index in [1.54, 1.807) is 0 Å². The van der Waals surface area contributed by atoms with Gasteiger partial charge in [-0.3, -0.25) is 4.79 Å². The maximum atomic E-state index is 12.6. The van der Waals surface area contributed by atoms with Crippen molar-refractivity contribution in [3.63, 3.8) is 0 Å². The number of benzene rings is 2. The second kappa shape index (κ2) is 5.49. The van der Waals surface area contributed by atoms with Crippen LogP contribution in [0.25, 0.3) is 0 Å². The van der Waals surface area contributed by atoms with Crippen LogP contribution in [-0.2, 0) is 19.4 Å². The van der Waals surface area contributed by atoms with Gasteiger partial charge in [-0.2, -0.15) is 0 Å². The highest BCUT2D eigenvalue weighted by Crippen LogP contribution is 2.20. The lowest BCUT2D eigenvalue weighted by atomic mass is 9.99. The van der Waals surface area contributed by atoms with Gasteiger partial charge in [0.2, 0.25) is 0 Å². The van der Waals surface area contributed by atoms with Crippen molar-refractivity contribution in [2.24, 2.45) is 0 Å². The lowest BCUT2D eigenvalue weighted by Crippen LogP contribution is -2.35. The molecule has 0 saturated carbocycles. The van der Waals surface area contributed by atoms with Crippen LogP contribution in [0.5, 0.6) is 0 Å². The zero-order chi connectivity index (χ0) is 13.9. The van der Waals surface area contributed by atoms with Crippen LogP contribution in [0.1, 0.15) is 34.0 Å². The van der Waals surface area contributed by atoms with Gasteiger partial charge < -0.3 is 4.90 Å². The Morgan fingerprint density at radius 3 is 2.70 bits per heavy atom. The van der Waals surface area contributed by atoms with Crippen LogP contribution in [0.3, 0.4) is 0 Å². The summed E-state index contributed by atoms with van der Waals surface area (Å²) in [6, 6.07) is 16.4. The molecule has 0 bridgehead atoms. The van der Waals surface area contributed by atoms with Gasteiger partial charge >= 0.3 is 0 Å². The molecule has 2 aromatic rings. The van der Waals surface area contributed by atoms with Crippen LogP contribution in [-0.4, -0.2) is 17.4 Å². The van der Waals surface area contributed by atoms with E-state index in [-0.39, 0.29) is 5.91 Å². The molecule has 2 heteroatoms. The normalized spacial score (nSPS) is 13.9. The summed E-state index contributed by atoms with van der Waals surface area (Å²) in [5.41, 5.74) is 4.68. The van der Waals surface area contributed by atoms with Crippen LogP contribution in [0.15, 0.2) is 48.5 Å². The number of amides is 1. The summed E-state index contributed by atoms with van der Waals surface area (Å²) in [5, 5.41) is 0. The van der Waals surface area contributed by atoms with Crippen molar-refractivity contribution in [2.75, 3.05) is 6.54 Å². The van der Waals surface area contributed by atoms with E-state index >= 15 is 0 Å². The summed E-state index contributed by atoms with van der Waals surface area (Å²) in [4.78, 5) is 14.6. The van der Waals surface area contributed by atoms with Crippen molar-refractivity contribution < 1.29 is 4.79 Å². The Hall–Kier alpha value is -2.09. The Morgan fingerprint density at radius 1 is 1.10 bits per heavy atom. The SMILES string of the molecule is CCc1cccc(C(=O)N2CCc3ccccc3C2)c1. The summed E-state index contributed by atoms with van der Waals surface area (Å²) in [5.74, 6) is 0.148. The highest BCUT2D eigenvalue weighted by molar-refractivity contribution is 5.94. The summed E-state index contributed by atoms with van der Waals surface area (Å²) in [6.07, 6.45) is 1.92. The fourth-order valence-electron chi connectivity index (χ4n) is 2.78. The molecule has 2 aromatic carbocycles. The highest BCUT2D eigenvalue weighted by atomic mass is 16.2. The van der Waals surface area contributed by atoms with Crippen molar-refractivity contribution in [1.82, 2.24) is 4.90 Å². The first-order valence-corrected chi connectivity index (χ1v) is 7.23. The fraction of sp³-hybridized carbons (Fsp3) is 0.278. The molecule has 1 heterocycles. The second-order valence-corrected chi connectivity index (χ2v) is 5.30. The minimum atomic E-state index is 0.148. The van der Waals surface area contributed by atoms with Crippen LogP contribution < -0.4 is 0 Å². The monoisotopic (exact) mass is 265 g/mol. The van der Waals surface area contributed by atoms with Gasteiger partial charge in [-0.05, 0) is 41.7 Å². The molecule has 1 amide bonds. The zero-order valence-corrected chi connectivity index (χ0v) is 11.8. The number of aryl methyl sites for hydroxylation is 1. The van der Waals surface area contributed by atoms with Crippen molar-refractivity contribution >= 4 is 5.91 Å². The maximum absolute atomic E-state index is 12.6. The molecular formula is C18H19NO. The molecule has 0 radical (unpaired) electrons. The van der Waals surface area contributed by atoms with Gasteiger partial charge in [-0.25, -0.2) is 0 Å². The number of fused-ring (bicyclic) bond motifs is 1. The molecule has 0 aliphatic carbocycles. The molecule has 0 saturated heterocycles. The smallest absolute Gasteiger partial charge is 0.254 e. The molecule has 0 atom stereocenters. The molecule has 3 rings (SSSR count). The van der Waals surface area contributed by atoms with E-state index in [0.29, 0.717) is 0 Å². The van der Waals surface area contributed by atoms with E-state index in [1.807, 2.05) is 29.2 Å². The summed E-state index contributed by atoms with van der Waals surface area (Å²) >= 11 is 0. The molecule has 0 aromatic heterocycles. The van der Waals surface area contributed by atoms with E-state index in [1.165, 1.54) is 16.7 Å². The van der Waals surface area contributed by atoms with Gasteiger partial charge in [-0.15, -0.1) is 0 Å². The Balaban J connectivity index is 1.82. The number of hydrogen-bond donors (Lipinski definition) is 0. The Morgan fingerprint density at radius 2 is 1.90 bits per heavy atom. The number of hydrogen-bond acceptors (Lipinski definition) is 1. The van der Waals surface area contributed by atoms with Crippen molar-refractivity contribution in [2.45, 2.75) is 26.3 Å². The van der Waals surface area contributed by atoms with Crippen LogP contribution >= 0.6 is 0 Å². The van der Waals surface area contributed by atoms with Crippen LogP contribution in [0.4, 0.5) is 0 Å². The van der Waals surface area contributed by atoms with E-state index in [2.05, 4.69) is 31.2 Å². The van der Waals surface area contributed by atoms with Gasteiger partial charge in [0.1, 0.15) is 0 Å². The number of carbonyl (C=O) groups is 1. The lowest BCUT2D eigenvalue weighted by Gasteiger charge is -2.29. The largest absolute Gasteiger partial charge is 0.334 e. The molecule has 102 valence electrons. The fourth-order valence-corrected chi connectivity index (χ4v) is 2.78. The summed E-state index contributed by atoms with van der Waals surface area (Å²) in [6.45, 7) is 3.65. The average molecular weight is 265 g/mol. The molecule has 0 fully saturated rings. The summed E-state index contributed by atoms with van der Waals surface area (Å²) < 4.78 is 0. The number of carbonyl (C=O) groups excluding carboxylic acids is 1. The molecule has 0 N–H and O–H groups in total. The molecule has 20 heavy (non-hydrogen) atoms. The van der Waals surface area contributed by atoms with Gasteiger partial charge in [0.05, 0.1) is 0 Å². The first-order chi connectivity index (χ1) is 9.78. The van der Waals surface area contributed by atoms with Crippen LogP contribution in [0, 0.1) is 0 Å². The number of rotatable bonds is 2.